The second kappa shape index (κ2) is 5.90. The molecular formula is C14H16F2O2S. The second-order valence-corrected chi connectivity index (χ2v) is 6.40. The normalized spacial score (nSPS) is 23.3. The van der Waals surface area contributed by atoms with E-state index in [1.165, 1.54) is 18.2 Å². The van der Waals surface area contributed by atoms with Gasteiger partial charge in [-0.15, -0.1) is 11.8 Å². The van der Waals surface area contributed by atoms with E-state index in [1.807, 2.05) is 0 Å². The quantitative estimate of drug-likeness (QED) is 0.898. The first-order valence-corrected chi connectivity index (χ1v) is 7.24. The van der Waals surface area contributed by atoms with Crippen LogP contribution < -0.4 is 0 Å². The molecule has 2 atom stereocenters. The molecule has 19 heavy (non-hydrogen) atoms. The number of halogens is 2. The molecule has 1 aromatic rings. The Kier molecular flexibility index (Phi) is 4.45. The second-order valence-electron chi connectivity index (χ2n) is 5.09. The van der Waals surface area contributed by atoms with E-state index in [2.05, 4.69) is 6.92 Å². The number of thioether (sulfide) groups is 1. The minimum Gasteiger partial charge on any atom is -0.478 e. The van der Waals surface area contributed by atoms with Crippen molar-refractivity contribution in [3.63, 3.8) is 0 Å². The summed E-state index contributed by atoms with van der Waals surface area (Å²) in [6, 6.07) is 1.78. The molecule has 2 unspecified atom stereocenters. The minimum absolute atomic E-state index is 0.0518. The smallest absolute Gasteiger partial charge is 0.335 e. The highest BCUT2D eigenvalue weighted by Gasteiger charge is 2.23. The monoisotopic (exact) mass is 286 g/mol. The molecule has 0 aromatic heterocycles. The fourth-order valence-electron chi connectivity index (χ4n) is 2.45. The Morgan fingerprint density at radius 3 is 2.47 bits per heavy atom. The predicted octanol–water partition coefficient (Wildman–Crippen LogP) is 4.33. The van der Waals surface area contributed by atoms with Crippen LogP contribution in [0, 0.1) is 17.6 Å². The summed E-state index contributed by atoms with van der Waals surface area (Å²) in [7, 11) is 0. The van der Waals surface area contributed by atoms with Gasteiger partial charge < -0.3 is 5.11 Å². The van der Waals surface area contributed by atoms with Crippen LogP contribution in [0.4, 0.5) is 8.78 Å². The molecule has 0 amide bonds. The van der Waals surface area contributed by atoms with Crippen molar-refractivity contribution < 1.29 is 18.7 Å². The summed E-state index contributed by atoms with van der Waals surface area (Å²) in [6.45, 7) is 2.15. The van der Waals surface area contributed by atoms with Crippen LogP contribution in [0.15, 0.2) is 17.0 Å². The molecule has 0 aliphatic heterocycles. The molecule has 1 aliphatic rings. The lowest BCUT2D eigenvalue weighted by molar-refractivity contribution is 0.0695. The maximum absolute atomic E-state index is 13.8. The van der Waals surface area contributed by atoms with Gasteiger partial charge in [0.1, 0.15) is 11.6 Å². The number of rotatable bonds is 3. The molecule has 2 nitrogen and oxygen atoms in total. The number of hydrogen-bond donors (Lipinski definition) is 1. The first-order valence-electron chi connectivity index (χ1n) is 6.36. The maximum Gasteiger partial charge on any atom is 0.335 e. The van der Waals surface area contributed by atoms with Crippen molar-refractivity contribution >= 4 is 17.7 Å². The van der Waals surface area contributed by atoms with Gasteiger partial charge in [-0.2, -0.15) is 0 Å². The molecule has 5 heteroatoms. The van der Waals surface area contributed by atoms with E-state index in [9.17, 15) is 13.6 Å². The number of carbonyl (C=O) groups is 1. The molecule has 2 rings (SSSR count). The Balaban J connectivity index is 2.18. The van der Waals surface area contributed by atoms with Gasteiger partial charge in [0.15, 0.2) is 0 Å². The maximum atomic E-state index is 13.8. The van der Waals surface area contributed by atoms with E-state index in [0.717, 1.165) is 31.4 Å². The average molecular weight is 286 g/mol. The molecule has 0 bridgehead atoms. The van der Waals surface area contributed by atoms with Crippen LogP contribution in [-0.4, -0.2) is 16.3 Å². The summed E-state index contributed by atoms with van der Waals surface area (Å²) in [5.74, 6) is -2.29. The first kappa shape index (κ1) is 14.3. The molecule has 1 fully saturated rings. The fraction of sp³-hybridized carbons (Fsp3) is 0.500. The van der Waals surface area contributed by atoms with Crippen LogP contribution in [0.2, 0.25) is 0 Å². The summed E-state index contributed by atoms with van der Waals surface area (Å²) < 4.78 is 27.6. The van der Waals surface area contributed by atoms with Crippen molar-refractivity contribution in [3.05, 3.63) is 29.3 Å². The Morgan fingerprint density at radius 2 is 1.95 bits per heavy atom. The van der Waals surface area contributed by atoms with Crippen molar-refractivity contribution in [2.75, 3.05) is 0 Å². The third-order valence-electron chi connectivity index (χ3n) is 3.42. The Bertz CT molecular complexity index is 467. The zero-order chi connectivity index (χ0) is 14.0. The Hall–Kier alpha value is -1.10. The van der Waals surface area contributed by atoms with Crippen molar-refractivity contribution in [1.29, 1.82) is 0 Å². The van der Waals surface area contributed by atoms with Crippen LogP contribution in [0.5, 0.6) is 0 Å². The van der Waals surface area contributed by atoms with Gasteiger partial charge in [-0.3, -0.25) is 0 Å². The molecule has 0 radical (unpaired) electrons. The molecule has 104 valence electrons. The van der Waals surface area contributed by atoms with Crippen LogP contribution in [0.1, 0.15) is 43.0 Å². The van der Waals surface area contributed by atoms with Gasteiger partial charge in [0.05, 0.1) is 10.5 Å². The first-order chi connectivity index (χ1) is 8.97. The van der Waals surface area contributed by atoms with Crippen LogP contribution in [0.25, 0.3) is 0 Å². The van der Waals surface area contributed by atoms with E-state index >= 15 is 0 Å². The van der Waals surface area contributed by atoms with Gasteiger partial charge in [0.25, 0.3) is 0 Å². The summed E-state index contributed by atoms with van der Waals surface area (Å²) in [6.07, 6.45) is 4.15. The van der Waals surface area contributed by atoms with E-state index in [4.69, 9.17) is 5.11 Å². The van der Waals surface area contributed by atoms with Crippen LogP contribution in [0.3, 0.4) is 0 Å². The molecule has 0 saturated heterocycles. The minimum atomic E-state index is -1.32. The van der Waals surface area contributed by atoms with Gasteiger partial charge in [0, 0.05) is 5.25 Å². The lowest BCUT2D eigenvalue weighted by Crippen LogP contribution is -2.15. The predicted molar refractivity (Wildman–Crippen MR) is 70.6 cm³/mol. The standard InChI is InChI=1S/C14H16F2O2S/c1-8-3-2-4-10(5-8)19-13-11(15)6-9(14(17)18)7-12(13)16/h6-8,10H,2-5H2,1H3,(H,17,18). The SMILES string of the molecule is CC1CCCC(Sc2c(F)cc(C(=O)O)cc2F)C1. The Labute approximate surface area is 115 Å². The lowest BCUT2D eigenvalue weighted by Gasteiger charge is -2.26. The zero-order valence-electron chi connectivity index (χ0n) is 10.7. The molecule has 0 heterocycles. The fourth-order valence-corrected chi connectivity index (χ4v) is 3.83. The summed E-state index contributed by atoms with van der Waals surface area (Å²) in [5.41, 5.74) is -0.351. The van der Waals surface area contributed by atoms with Crippen molar-refractivity contribution in [2.24, 2.45) is 5.92 Å². The number of aromatic carboxylic acids is 1. The number of carboxylic acid groups (broad SMARTS) is 1. The van der Waals surface area contributed by atoms with Gasteiger partial charge >= 0.3 is 5.97 Å². The molecule has 1 saturated carbocycles. The van der Waals surface area contributed by atoms with Crippen molar-refractivity contribution in [2.45, 2.75) is 42.8 Å². The van der Waals surface area contributed by atoms with Crippen LogP contribution in [-0.2, 0) is 0 Å². The molecule has 1 aromatic carbocycles. The van der Waals surface area contributed by atoms with Crippen molar-refractivity contribution in [3.8, 4) is 0 Å². The van der Waals surface area contributed by atoms with Gasteiger partial charge in [0.2, 0.25) is 0 Å². The molecule has 0 spiro atoms. The topological polar surface area (TPSA) is 37.3 Å². The van der Waals surface area contributed by atoms with Crippen LogP contribution >= 0.6 is 11.8 Å². The number of carboxylic acids is 1. The summed E-state index contributed by atoms with van der Waals surface area (Å²) in [5, 5.41) is 8.95. The van der Waals surface area contributed by atoms with Crippen molar-refractivity contribution in [1.82, 2.24) is 0 Å². The third kappa shape index (κ3) is 3.47. The highest BCUT2D eigenvalue weighted by atomic mass is 32.2. The average Bonchev–Trinajstić information content (AvgIpc) is 2.33. The van der Waals surface area contributed by atoms with E-state index in [0.29, 0.717) is 5.92 Å². The zero-order valence-corrected chi connectivity index (χ0v) is 11.5. The highest BCUT2D eigenvalue weighted by molar-refractivity contribution is 8.00. The molecule has 1 N–H and O–H groups in total. The molecular weight excluding hydrogens is 270 g/mol. The summed E-state index contributed by atoms with van der Waals surface area (Å²) in [4.78, 5) is 10.7. The third-order valence-corrected chi connectivity index (χ3v) is 4.81. The summed E-state index contributed by atoms with van der Waals surface area (Å²) >= 11 is 1.20. The van der Waals surface area contributed by atoms with Gasteiger partial charge in [-0.25, -0.2) is 13.6 Å². The number of hydrogen-bond acceptors (Lipinski definition) is 2. The van der Waals surface area contributed by atoms with E-state index in [-0.39, 0.29) is 15.7 Å². The van der Waals surface area contributed by atoms with E-state index in [1.54, 1.807) is 0 Å². The largest absolute Gasteiger partial charge is 0.478 e. The van der Waals surface area contributed by atoms with Gasteiger partial charge in [-0.1, -0.05) is 19.8 Å². The Morgan fingerprint density at radius 1 is 1.32 bits per heavy atom. The highest BCUT2D eigenvalue weighted by Crippen LogP contribution is 2.38. The lowest BCUT2D eigenvalue weighted by atomic mass is 9.91. The number of benzene rings is 1. The van der Waals surface area contributed by atoms with Gasteiger partial charge in [-0.05, 0) is 30.9 Å². The molecule has 1 aliphatic carbocycles. The van der Waals surface area contributed by atoms with E-state index < -0.39 is 17.6 Å².